The molecule has 0 aliphatic heterocycles. The summed E-state index contributed by atoms with van der Waals surface area (Å²) in [6.07, 6.45) is 1.06. The van der Waals surface area contributed by atoms with Crippen LogP contribution < -0.4 is 15.5 Å². The van der Waals surface area contributed by atoms with E-state index in [9.17, 15) is 9.59 Å². The summed E-state index contributed by atoms with van der Waals surface area (Å²) < 4.78 is 5.51. The van der Waals surface area contributed by atoms with E-state index in [-0.39, 0.29) is 5.91 Å². The van der Waals surface area contributed by atoms with Crippen LogP contribution in [0, 0.1) is 6.92 Å². The Labute approximate surface area is 197 Å². The fourth-order valence-corrected chi connectivity index (χ4v) is 4.41. The van der Waals surface area contributed by atoms with Crippen LogP contribution in [0.25, 0.3) is 0 Å². The molecule has 33 heavy (non-hydrogen) atoms. The molecule has 0 spiro atoms. The van der Waals surface area contributed by atoms with Gasteiger partial charge < -0.3 is 20.3 Å². The van der Waals surface area contributed by atoms with Gasteiger partial charge in [0.2, 0.25) is 0 Å². The number of amides is 2. The minimum atomic E-state index is -1.08. The van der Waals surface area contributed by atoms with Gasteiger partial charge in [-0.2, -0.15) is 0 Å². The van der Waals surface area contributed by atoms with E-state index in [1.165, 1.54) is 5.56 Å². The molecule has 1 unspecified atom stereocenters. The maximum atomic E-state index is 13.7. The molecule has 1 atom stereocenters. The fourth-order valence-electron chi connectivity index (χ4n) is 4.41. The van der Waals surface area contributed by atoms with Crippen molar-refractivity contribution in [2.24, 2.45) is 0 Å². The Kier molecular flexibility index (Phi) is 7.35. The van der Waals surface area contributed by atoms with Gasteiger partial charge in [-0.1, -0.05) is 24.3 Å². The lowest BCUT2D eigenvalue weighted by molar-refractivity contribution is -0.123. The number of aryl methyl sites for hydroxylation is 2. The summed E-state index contributed by atoms with van der Waals surface area (Å²) in [7, 11) is 0. The molecule has 2 N–H and O–H groups in total. The van der Waals surface area contributed by atoms with Gasteiger partial charge in [0, 0.05) is 30.9 Å². The van der Waals surface area contributed by atoms with Crippen LogP contribution in [0.5, 0.6) is 0 Å². The molecular weight excluding hydrogens is 414 g/mol. The van der Waals surface area contributed by atoms with Crippen molar-refractivity contribution in [3.63, 3.8) is 0 Å². The number of rotatable bonds is 6. The second-order valence-corrected chi connectivity index (χ2v) is 9.78. The molecule has 6 heteroatoms. The van der Waals surface area contributed by atoms with E-state index in [0.29, 0.717) is 19.3 Å². The summed E-state index contributed by atoms with van der Waals surface area (Å²) in [5.74, 6) is -0.221. The molecule has 0 fully saturated rings. The largest absolute Gasteiger partial charge is 0.444 e. The van der Waals surface area contributed by atoms with Crippen LogP contribution in [0.2, 0.25) is 0 Å². The number of carbonyl (C=O) groups excluding carboxylic acids is 2. The number of anilines is 2. The summed E-state index contributed by atoms with van der Waals surface area (Å²) in [6.45, 7) is 13.5. The Morgan fingerprint density at radius 3 is 2.33 bits per heavy atom. The van der Waals surface area contributed by atoms with E-state index in [0.717, 1.165) is 35.6 Å². The zero-order chi connectivity index (χ0) is 24.2. The molecule has 6 nitrogen and oxygen atoms in total. The van der Waals surface area contributed by atoms with Gasteiger partial charge in [0.15, 0.2) is 0 Å². The van der Waals surface area contributed by atoms with Gasteiger partial charge in [-0.05, 0) is 89.3 Å². The fraction of sp³-hybridized carbons (Fsp3) is 0.481. The van der Waals surface area contributed by atoms with Crippen LogP contribution in [0.4, 0.5) is 16.2 Å². The first-order valence-electron chi connectivity index (χ1n) is 11.8. The van der Waals surface area contributed by atoms with Gasteiger partial charge in [0.25, 0.3) is 5.91 Å². The number of fused-ring (bicyclic) bond motifs is 1. The second-order valence-electron chi connectivity index (χ2n) is 9.78. The number of alkyl carbamates (subject to hydrolysis) is 1. The molecule has 0 saturated carbocycles. The molecule has 178 valence electrons. The zero-order valence-electron chi connectivity index (χ0n) is 20.7. The SMILES string of the molecule is CCN(CC)c1ccc(NC(=O)C2(NC(=O)OC(C)(C)C)CCc3ccccc3C2)c(C)c1. The third-order valence-electron chi connectivity index (χ3n) is 6.19. The van der Waals surface area contributed by atoms with Crippen molar-refractivity contribution in [3.8, 4) is 0 Å². The molecule has 0 aromatic heterocycles. The first-order chi connectivity index (χ1) is 15.6. The van der Waals surface area contributed by atoms with Crippen molar-refractivity contribution in [1.29, 1.82) is 0 Å². The topological polar surface area (TPSA) is 70.7 Å². The highest BCUT2D eigenvalue weighted by Gasteiger charge is 2.43. The first kappa shape index (κ1) is 24.6. The summed E-state index contributed by atoms with van der Waals surface area (Å²) in [5, 5.41) is 6.03. The van der Waals surface area contributed by atoms with Crippen LogP contribution in [0.15, 0.2) is 42.5 Å². The number of ether oxygens (including phenoxy) is 1. The third-order valence-corrected chi connectivity index (χ3v) is 6.19. The zero-order valence-corrected chi connectivity index (χ0v) is 20.7. The summed E-state index contributed by atoms with van der Waals surface area (Å²) in [6, 6.07) is 14.1. The van der Waals surface area contributed by atoms with E-state index in [1.807, 2.05) is 58.0 Å². The van der Waals surface area contributed by atoms with Crippen LogP contribution in [-0.2, 0) is 22.4 Å². The molecular formula is C27H37N3O3. The van der Waals surface area contributed by atoms with Crippen LogP contribution in [0.3, 0.4) is 0 Å². The Bertz CT molecular complexity index is 1010. The monoisotopic (exact) mass is 451 g/mol. The number of nitrogens with one attached hydrogen (secondary N) is 2. The van der Waals surface area contributed by atoms with Gasteiger partial charge >= 0.3 is 6.09 Å². The summed E-state index contributed by atoms with van der Waals surface area (Å²) in [4.78, 5) is 28.7. The average molecular weight is 452 g/mol. The number of benzene rings is 2. The Morgan fingerprint density at radius 1 is 1.06 bits per heavy atom. The number of carbonyl (C=O) groups is 2. The molecule has 0 bridgehead atoms. The van der Waals surface area contributed by atoms with Crippen molar-refractivity contribution < 1.29 is 14.3 Å². The van der Waals surface area contributed by atoms with Crippen LogP contribution in [0.1, 0.15) is 57.7 Å². The lowest BCUT2D eigenvalue weighted by atomic mass is 9.77. The Hall–Kier alpha value is -3.02. The Balaban J connectivity index is 1.88. The van der Waals surface area contributed by atoms with Gasteiger partial charge in [0.1, 0.15) is 11.1 Å². The molecule has 0 saturated heterocycles. The molecule has 3 rings (SSSR count). The number of hydrogen-bond acceptors (Lipinski definition) is 4. The molecule has 1 aliphatic rings. The molecule has 1 aliphatic carbocycles. The van der Waals surface area contributed by atoms with Gasteiger partial charge in [-0.3, -0.25) is 4.79 Å². The predicted octanol–water partition coefficient (Wildman–Crippen LogP) is 5.23. The first-order valence-corrected chi connectivity index (χ1v) is 11.8. The maximum absolute atomic E-state index is 13.7. The highest BCUT2D eigenvalue weighted by molar-refractivity contribution is 6.01. The third kappa shape index (κ3) is 5.86. The van der Waals surface area contributed by atoms with E-state index in [1.54, 1.807) is 0 Å². The van der Waals surface area contributed by atoms with E-state index >= 15 is 0 Å². The van der Waals surface area contributed by atoms with Crippen molar-refractivity contribution in [2.75, 3.05) is 23.3 Å². The lowest BCUT2D eigenvalue weighted by Crippen LogP contribution is -2.60. The van der Waals surface area contributed by atoms with Crippen LogP contribution >= 0.6 is 0 Å². The molecule has 0 radical (unpaired) electrons. The highest BCUT2D eigenvalue weighted by Crippen LogP contribution is 2.31. The average Bonchev–Trinajstić information content (AvgIpc) is 2.74. The predicted molar refractivity (Wildman–Crippen MR) is 134 cm³/mol. The van der Waals surface area contributed by atoms with E-state index in [4.69, 9.17) is 4.74 Å². The van der Waals surface area contributed by atoms with Crippen molar-refractivity contribution in [3.05, 3.63) is 59.2 Å². The highest BCUT2D eigenvalue weighted by atomic mass is 16.6. The molecule has 2 aromatic rings. The smallest absolute Gasteiger partial charge is 0.408 e. The minimum absolute atomic E-state index is 0.221. The van der Waals surface area contributed by atoms with Crippen molar-refractivity contribution in [1.82, 2.24) is 5.32 Å². The molecule has 0 heterocycles. The Morgan fingerprint density at radius 2 is 1.73 bits per heavy atom. The van der Waals surface area contributed by atoms with Crippen LogP contribution in [-0.4, -0.2) is 36.2 Å². The molecule has 2 amide bonds. The lowest BCUT2D eigenvalue weighted by Gasteiger charge is -2.38. The normalized spacial score (nSPS) is 17.6. The summed E-state index contributed by atoms with van der Waals surface area (Å²) in [5.41, 5.74) is 3.42. The molecule has 2 aromatic carbocycles. The maximum Gasteiger partial charge on any atom is 0.408 e. The van der Waals surface area contributed by atoms with Crippen molar-refractivity contribution >= 4 is 23.4 Å². The standard InChI is InChI=1S/C27H37N3O3/c1-7-30(8-2)22-13-14-23(19(3)17-22)28-24(31)27(29-25(32)33-26(4,5)6)16-15-20-11-9-10-12-21(20)18-27/h9-14,17H,7-8,15-16,18H2,1-6H3,(H,28,31)(H,29,32). The quantitative estimate of drug-likeness (QED) is 0.631. The van der Waals surface area contributed by atoms with E-state index < -0.39 is 17.2 Å². The van der Waals surface area contributed by atoms with E-state index in [2.05, 4.69) is 41.5 Å². The second kappa shape index (κ2) is 9.86. The van der Waals surface area contributed by atoms with Gasteiger partial charge in [0.05, 0.1) is 0 Å². The number of hydrogen-bond donors (Lipinski definition) is 2. The van der Waals surface area contributed by atoms with Gasteiger partial charge in [-0.25, -0.2) is 4.79 Å². The van der Waals surface area contributed by atoms with Crippen molar-refractivity contribution in [2.45, 2.75) is 71.9 Å². The summed E-state index contributed by atoms with van der Waals surface area (Å²) >= 11 is 0. The van der Waals surface area contributed by atoms with Gasteiger partial charge in [-0.15, -0.1) is 0 Å². The number of nitrogens with zero attached hydrogens (tertiary/aromatic N) is 1. The minimum Gasteiger partial charge on any atom is -0.444 e.